The van der Waals surface area contributed by atoms with Crippen molar-refractivity contribution in [2.24, 2.45) is 5.73 Å². The van der Waals surface area contributed by atoms with Crippen molar-refractivity contribution in [1.29, 1.82) is 0 Å². The Morgan fingerprint density at radius 3 is 2.53 bits per heavy atom. The van der Waals surface area contributed by atoms with Crippen LogP contribution in [0.3, 0.4) is 0 Å². The number of aromatic nitrogens is 1. The summed E-state index contributed by atoms with van der Waals surface area (Å²) in [5.41, 5.74) is 8.87. The maximum Gasteiger partial charge on any atom is 0.181 e. The summed E-state index contributed by atoms with van der Waals surface area (Å²) in [6.07, 6.45) is 2.21. The first-order chi connectivity index (χ1) is 8.22. The summed E-state index contributed by atoms with van der Waals surface area (Å²) < 4.78 is 5.35. The van der Waals surface area contributed by atoms with Crippen LogP contribution in [0.2, 0.25) is 0 Å². The molecule has 17 heavy (non-hydrogen) atoms. The van der Waals surface area contributed by atoms with Gasteiger partial charge in [-0.05, 0) is 18.0 Å². The molecule has 0 saturated carbocycles. The third-order valence-electron chi connectivity index (χ3n) is 2.86. The first-order valence-electron chi connectivity index (χ1n) is 5.95. The van der Waals surface area contributed by atoms with Gasteiger partial charge < -0.3 is 10.2 Å². The lowest BCUT2D eigenvalue weighted by Gasteiger charge is -2.06. The molecule has 2 rings (SSSR count). The van der Waals surface area contributed by atoms with Gasteiger partial charge in [-0.3, -0.25) is 0 Å². The smallest absolute Gasteiger partial charge is 0.181 e. The van der Waals surface area contributed by atoms with Crippen LogP contribution in [-0.2, 0) is 6.42 Å². The quantitative estimate of drug-likeness (QED) is 0.878. The second-order valence-corrected chi connectivity index (χ2v) is 4.44. The number of nitrogens with two attached hydrogens (primary N) is 1. The van der Waals surface area contributed by atoms with Gasteiger partial charge in [0.1, 0.15) is 11.5 Å². The third kappa shape index (κ3) is 2.56. The second kappa shape index (κ2) is 5.15. The lowest BCUT2D eigenvalue weighted by Crippen LogP contribution is -2.02. The fraction of sp³-hybridized carbons (Fsp3) is 0.357. The molecule has 0 radical (unpaired) electrons. The molecule has 1 heterocycles. The topological polar surface area (TPSA) is 52.0 Å². The van der Waals surface area contributed by atoms with Crippen LogP contribution in [-0.4, -0.2) is 11.5 Å². The van der Waals surface area contributed by atoms with Crippen LogP contribution in [0.4, 0.5) is 0 Å². The largest absolute Gasteiger partial charge is 0.448 e. The highest BCUT2D eigenvalue weighted by Crippen LogP contribution is 2.24. The Kier molecular flexibility index (Phi) is 3.59. The van der Waals surface area contributed by atoms with Gasteiger partial charge in [-0.2, -0.15) is 0 Å². The number of oxazole rings is 1. The molecule has 0 fully saturated rings. The number of benzene rings is 1. The van der Waals surface area contributed by atoms with Crippen LogP contribution in [0.25, 0.3) is 11.3 Å². The highest BCUT2D eigenvalue weighted by Gasteiger charge is 2.10. The van der Waals surface area contributed by atoms with E-state index in [1.165, 1.54) is 12.0 Å². The predicted molar refractivity (Wildman–Crippen MR) is 68.8 cm³/mol. The van der Waals surface area contributed by atoms with E-state index in [1.54, 1.807) is 0 Å². The van der Waals surface area contributed by atoms with Crippen molar-refractivity contribution in [3.05, 3.63) is 42.0 Å². The lowest BCUT2D eigenvalue weighted by molar-refractivity contribution is 0.506. The summed E-state index contributed by atoms with van der Waals surface area (Å²) in [5.74, 6) is 1.41. The van der Waals surface area contributed by atoms with E-state index in [4.69, 9.17) is 10.2 Å². The second-order valence-electron chi connectivity index (χ2n) is 4.44. The number of nitrogens with zero attached hydrogens (tertiary/aromatic N) is 1. The van der Waals surface area contributed by atoms with Gasteiger partial charge in [0, 0.05) is 12.0 Å². The van der Waals surface area contributed by atoms with Crippen LogP contribution >= 0.6 is 0 Å². The normalized spacial score (nSPS) is 11.1. The van der Waals surface area contributed by atoms with Crippen LogP contribution < -0.4 is 5.73 Å². The zero-order valence-corrected chi connectivity index (χ0v) is 10.3. The maximum absolute atomic E-state index is 5.54. The Morgan fingerprint density at radius 1 is 1.24 bits per heavy atom. The summed E-state index contributed by atoms with van der Waals surface area (Å²) in [4.78, 5) is 4.26. The molecule has 0 bridgehead atoms. The van der Waals surface area contributed by atoms with E-state index in [9.17, 15) is 0 Å². The molecule has 3 nitrogen and oxygen atoms in total. The average Bonchev–Trinajstić information content (AvgIpc) is 2.78. The molecular weight excluding hydrogens is 212 g/mol. The van der Waals surface area contributed by atoms with Gasteiger partial charge in [0.05, 0.1) is 0 Å². The fourth-order valence-electron chi connectivity index (χ4n) is 1.84. The first kappa shape index (κ1) is 11.9. The minimum atomic E-state index is 0.546. The molecule has 0 aliphatic carbocycles. The van der Waals surface area contributed by atoms with Crippen molar-refractivity contribution in [1.82, 2.24) is 4.98 Å². The monoisotopic (exact) mass is 230 g/mol. The van der Waals surface area contributed by atoms with Crippen molar-refractivity contribution in [3.63, 3.8) is 0 Å². The lowest BCUT2D eigenvalue weighted by atomic mass is 10.0. The van der Waals surface area contributed by atoms with E-state index in [0.717, 1.165) is 23.4 Å². The molecule has 0 saturated heterocycles. The first-order valence-corrected chi connectivity index (χ1v) is 5.95. The van der Waals surface area contributed by atoms with Gasteiger partial charge in [0.2, 0.25) is 0 Å². The minimum Gasteiger partial charge on any atom is -0.448 e. The molecule has 3 heteroatoms. The Bertz CT molecular complexity index is 471. The molecule has 0 aliphatic rings. The van der Waals surface area contributed by atoms with E-state index in [1.807, 2.05) is 0 Å². The molecule has 0 unspecified atom stereocenters. The summed E-state index contributed by atoms with van der Waals surface area (Å²) >= 11 is 0. The molecular formula is C14H18N2O. The Balaban J connectivity index is 2.30. The number of hydrogen-bond acceptors (Lipinski definition) is 3. The molecule has 2 aromatic rings. The summed E-state index contributed by atoms with van der Waals surface area (Å²) in [6.45, 7) is 4.95. The Morgan fingerprint density at radius 2 is 1.94 bits per heavy atom. The van der Waals surface area contributed by atoms with Crippen LogP contribution in [0, 0.1) is 0 Å². The molecule has 90 valence electrons. The fourth-order valence-corrected chi connectivity index (χ4v) is 1.84. The molecule has 0 amide bonds. The van der Waals surface area contributed by atoms with Crippen molar-refractivity contribution in [2.45, 2.75) is 26.2 Å². The highest BCUT2D eigenvalue weighted by atomic mass is 16.3. The van der Waals surface area contributed by atoms with E-state index in [-0.39, 0.29) is 0 Å². The molecule has 0 atom stereocenters. The number of rotatable bonds is 4. The van der Waals surface area contributed by atoms with Crippen molar-refractivity contribution >= 4 is 0 Å². The van der Waals surface area contributed by atoms with Gasteiger partial charge in [0.25, 0.3) is 0 Å². The molecule has 1 aromatic heterocycles. The Hall–Kier alpha value is -1.61. The van der Waals surface area contributed by atoms with Crippen LogP contribution in [0.15, 0.2) is 35.1 Å². The summed E-state index contributed by atoms with van der Waals surface area (Å²) in [7, 11) is 0. The van der Waals surface area contributed by atoms with Crippen LogP contribution in [0.1, 0.15) is 31.1 Å². The van der Waals surface area contributed by atoms with Crippen molar-refractivity contribution in [2.75, 3.05) is 6.54 Å². The van der Waals surface area contributed by atoms with Gasteiger partial charge in [-0.25, -0.2) is 4.98 Å². The zero-order chi connectivity index (χ0) is 12.3. The highest BCUT2D eigenvalue weighted by molar-refractivity contribution is 5.61. The van der Waals surface area contributed by atoms with Crippen molar-refractivity contribution < 1.29 is 4.42 Å². The minimum absolute atomic E-state index is 0.546. The van der Waals surface area contributed by atoms with E-state index < -0.39 is 0 Å². The standard InChI is InChI=1S/C14H18N2O/c1-10(2)11-3-5-12(6-4-11)14-13(7-8-15)17-9-16-14/h3-6,9-10H,7-8,15H2,1-2H3. The van der Waals surface area contributed by atoms with E-state index in [2.05, 4.69) is 43.1 Å². The van der Waals surface area contributed by atoms with Gasteiger partial charge in [0.15, 0.2) is 6.39 Å². The predicted octanol–water partition coefficient (Wildman–Crippen LogP) is 2.97. The van der Waals surface area contributed by atoms with Crippen molar-refractivity contribution in [3.8, 4) is 11.3 Å². The van der Waals surface area contributed by atoms with Gasteiger partial charge >= 0.3 is 0 Å². The SMILES string of the molecule is CC(C)c1ccc(-c2ncoc2CCN)cc1. The van der Waals surface area contributed by atoms with Crippen LogP contribution in [0.5, 0.6) is 0 Å². The maximum atomic E-state index is 5.54. The average molecular weight is 230 g/mol. The summed E-state index contributed by atoms with van der Waals surface area (Å²) in [6, 6.07) is 8.46. The van der Waals surface area contributed by atoms with Gasteiger partial charge in [-0.15, -0.1) is 0 Å². The summed E-state index contributed by atoms with van der Waals surface area (Å²) in [5, 5.41) is 0. The third-order valence-corrected chi connectivity index (χ3v) is 2.86. The molecule has 2 N–H and O–H groups in total. The van der Waals surface area contributed by atoms with E-state index in [0.29, 0.717) is 12.5 Å². The molecule has 0 spiro atoms. The van der Waals surface area contributed by atoms with E-state index >= 15 is 0 Å². The Labute approximate surface area is 102 Å². The molecule has 0 aliphatic heterocycles. The zero-order valence-electron chi connectivity index (χ0n) is 10.3. The van der Waals surface area contributed by atoms with Gasteiger partial charge in [-0.1, -0.05) is 38.1 Å². The molecule has 1 aromatic carbocycles. The number of hydrogen-bond donors (Lipinski definition) is 1.